The van der Waals surface area contributed by atoms with Crippen LogP contribution in [0, 0.1) is 0 Å². The van der Waals surface area contributed by atoms with Crippen molar-refractivity contribution in [1.29, 1.82) is 0 Å². The van der Waals surface area contributed by atoms with E-state index < -0.39 is 0 Å². The minimum atomic E-state index is 0.162. The first-order chi connectivity index (χ1) is 5.24. The first-order valence-corrected chi connectivity index (χ1v) is 3.49. The summed E-state index contributed by atoms with van der Waals surface area (Å²) in [6, 6.07) is 6.48. The van der Waals surface area contributed by atoms with Crippen LogP contribution < -0.4 is 5.06 Å². The van der Waals surface area contributed by atoms with Crippen molar-refractivity contribution in [2.24, 2.45) is 0 Å². The van der Waals surface area contributed by atoms with Gasteiger partial charge in [0.2, 0.25) is 0 Å². The lowest BCUT2D eigenvalue weighted by Crippen LogP contribution is -2.16. The highest BCUT2D eigenvalue weighted by Gasteiger charge is 1.98. The monoisotopic (exact) mass is 153 g/mol. The predicted octanol–water partition coefficient (Wildman–Crippen LogP) is 1.61. The highest BCUT2D eigenvalue weighted by atomic mass is 16.5. The van der Waals surface area contributed by atoms with Crippen LogP contribution in [0.4, 0.5) is 5.69 Å². The van der Waals surface area contributed by atoms with E-state index in [2.05, 4.69) is 0 Å². The molecule has 2 N–H and O–H groups in total. The van der Waals surface area contributed by atoms with Gasteiger partial charge in [0.05, 0.1) is 5.69 Å². The second-order valence-corrected chi connectivity index (χ2v) is 2.24. The maximum atomic E-state index is 9.18. The lowest BCUT2D eigenvalue weighted by Gasteiger charge is -2.13. The summed E-state index contributed by atoms with van der Waals surface area (Å²) < 4.78 is 0. The van der Waals surface area contributed by atoms with Gasteiger partial charge in [0.15, 0.2) is 0 Å². The number of benzene rings is 1. The zero-order valence-corrected chi connectivity index (χ0v) is 6.36. The highest BCUT2D eigenvalue weighted by molar-refractivity contribution is 5.47. The second kappa shape index (κ2) is 3.25. The number of anilines is 1. The lowest BCUT2D eigenvalue weighted by molar-refractivity contribution is 0.259. The molecule has 11 heavy (non-hydrogen) atoms. The van der Waals surface area contributed by atoms with Gasteiger partial charge in [-0.1, -0.05) is 6.07 Å². The first-order valence-electron chi connectivity index (χ1n) is 3.49. The Kier molecular flexibility index (Phi) is 2.33. The van der Waals surface area contributed by atoms with Gasteiger partial charge >= 0.3 is 0 Å². The van der Waals surface area contributed by atoms with Crippen molar-refractivity contribution < 1.29 is 10.3 Å². The van der Waals surface area contributed by atoms with Crippen molar-refractivity contribution in [3.63, 3.8) is 0 Å². The molecule has 3 nitrogen and oxygen atoms in total. The van der Waals surface area contributed by atoms with Gasteiger partial charge < -0.3 is 5.11 Å². The molecular weight excluding hydrogens is 142 g/mol. The molecule has 0 aliphatic heterocycles. The number of rotatable bonds is 2. The highest BCUT2D eigenvalue weighted by Crippen LogP contribution is 2.17. The molecule has 0 aliphatic rings. The quantitative estimate of drug-likeness (QED) is 0.634. The molecule has 0 fully saturated rings. The van der Waals surface area contributed by atoms with Crippen LogP contribution in [-0.4, -0.2) is 16.9 Å². The third-order valence-corrected chi connectivity index (χ3v) is 1.43. The Hall–Kier alpha value is -1.22. The molecule has 0 aliphatic carbocycles. The van der Waals surface area contributed by atoms with Crippen molar-refractivity contribution in [2.75, 3.05) is 11.6 Å². The molecule has 0 saturated carbocycles. The molecule has 0 aromatic heterocycles. The van der Waals surface area contributed by atoms with Crippen LogP contribution in [0.3, 0.4) is 0 Å². The van der Waals surface area contributed by atoms with Gasteiger partial charge in [-0.3, -0.25) is 10.3 Å². The lowest BCUT2D eigenvalue weighted by atomic mass is 10.3. The number of hydrogen-bond donors (Lipinski definition) is 2. The molecule has 0 heterocycles. The maximum Gasteiger partial charge on any atom is 0.117 e. The summed E-state index contributed by atoms with van der Waals surface area (Å²) in [7, 11) is 0. The van der Waals surface area contributed by atoms with Crippen molar-refractivity contribution in [1.82, 2.24) is 0 Å². The summed E-state index contributed by atoms with van der Waals surface area (Å²) in [6.07, 6.45) is 0. The van der Waals surface area contributed by atoms with Gasteiger partial charge in [-0.15, -0.1) is 0 Å². The fourth-order valence-electron chi connectivity index (χ4n) is 0.836. The Balaban J connectivity index is 2.86. The van der Waals surface area contributed by atoms with E-state index >= 15 is 0 Å². The van der Waals surface area contributed by atoms with Crippen LogP contribution in [0.5, 0.6) is 5.75 Å². The van der Waals surface area contributed by atoms with E-state index in [-0.39, 0.29) is 5.75 Å². The second-order valence-electron chi connectivity index (χ2n) is 2.24. The molecule has 1 aromatic carbocycles. The number of nitrogens with zero attached hydrogens (tertiary/aromatic N) is 1. The van der Waals surface area contributed by atoms with Crippen molar-refractivity contribution in [3.8, 4) is 5.75 Å². The molecule has 0 amide bonds. The number of hydroxylamine groups is 1. The summed E-state index contributed by atoms with van der Waals surface area (Å²) in [5.74, 6) is 0.162. The van der Waals surface area contributed by atoms with Crippen LogP contribution in [0.2, 0.25) is 0 Å². The molecule has 60 valence electrons. The van der Waals surface area contributed by atoms with Crippen molar-refractivity contribution in [2.45, 2.75) is 6.92 Å². The summed E-state index contributed by atoms with van der Waals surface area (Å²) in [6.45, 7) is 2.33. The summed E-state index contributed by atoms with van der Waals surface area (Å²) in [4.78, 5) is 0. The van der Waals surface area contributed by atoms with E-state index in [0.717, 1.165) is 5.06 Å². The van der Waals surface area contributed by atoms with Crippen LogP contribution >= 0.6 is 0 Å². The zero-order valence-electron chi connectivity index (χ0n) is 6.36. The third-order valence-electron chi connectivity index (χ3n) is 1.43. The summed E-state index contributed by atoms with van der Waals surface area (Å²) in [5.41, 5.74) is 0.604. The van der Waals surface area contributed by atoms with Gasteiger partial charge in [-0.25, -0.2) is 0 Å². The van der Waals surface area contributed by atoms with E-state index in [4.69, 9.17) is 5.11 Å². The summed E-state index contributed by atoms with van der Waals surface area (Å²) >= 11 is 0. The number of aromatic hydroxyl groups is 1. The minimum absolute atomic E-state index is 0.162. The Labute approximate surface area is 65.5 Å². The fraction of sp³-hybridized carbons (Fsp3) is 0.250. The van der Waals surface area contributed by atoms with Gasteiger partial charge in [-0.2, -0.15) is 0 Å². The normalized spacial score (nSPS) is 9.64. The van der Waals surface area contributed by atoms with Crippen LogP contribution in [0.1, 0.15) is 6.92 Å². The molecule has 1 aromatic rings. The average molecular weight is 153 g/mol. The van der Waals surface area contributed by atoms with Gasteiger partial charge in [0, 0.05) is 12.6 Å². The van der Waals surface area contributed by atoms with Crippen LogP contribution in [-0.2, 0) is 0 Å². The maximum absolute atomic E-state index is 9.18. The largest absolute Gasteiger partial charge is 0.508 e. The standard InChI is InChI=1S/C8H11NO2/c1-2-9(11)7-4-3-5-8(10)6-7/h3-6,10-11H,2H2,1H3. The molecule has 0 atom stereocenters. The third kappa shape index (κ3) is 1.85. The van der Waals surface area contributed by atoms with Gasteiger partial charge in [-0.05, 0) is 19.1 Å². The van der Waals surface area contributed by atoms with Gasteiger partial charge in [0.1, 0.15) is 5.75 Å². The molecule has 1 rings (SSSR count). The topological polar surface area (TPSA) is 43.7 Å². The molecule has 3 heteroatoms. The van der Waals surface area contributed by atoms with E-state index in [1.54, 1.807) is 18.2 Å². The van der Waals surface area contributed by atoms with E-state index in [0.29, 0.717) is 12.2 Å². The number of hydrogen-bond acceptors (Lipinski definition) is 3. The Morgan fingerprint density at radius 2 is 2.18 bits per heavy atom. The Morgan fingerprint density at radius 3 is 2.73 bits per heavy atom. The van der Waals surface area contributed by atoms with Gasteiger partial charge in [0.25, 0.3) is 0 Å². The average Bonchev–Trinajstić information content (AvgIpc) is 2.03. The zero-order chi connectivity index (χ0) is 8.27. The number of phenols is 1. The number of phenolic OH excluding ortho intramolecular Hbond substituents is 1. The van der Waals surface area contributed by atoms with Crippen LogP contribution in [0.25, 0.3) is 0 Å². The van der Waals surface area contributed by atoms with E-state index in [1.165, 1.54) is 6.07 Å². The first kappa shape index (κ1) is 7.88. The van der Waals surface area contributed by atoms with Crippen molar-refractivity contribution in [3.05, 3.63) is 24.3 Å². The molecule has 0 spiro atoms. The molecule has 0 saturated heterocycles. The summed E-state index contributed by atoms with van der Waals surface area (Å²) in [5, 5.41) is 19.3. The fourth-order valence-corrected chi connectivity index (χ4v) is 0.836. The molecule has 0 bridgehead atoms. The Bertz CT molecular complexity index is 237. The minimum Gasteiger partial charge on any atom is -0.508 e. The SMILES string of the molecule is CCN(O)c1cccc(O)c1. The van der Waals surface area contributed by atoms with Crippen molar-refractivity contribution >= 4 is 5.69 Å². The van der Waals surface area contributed by atoms with Crippen LogP contribution in [0.15, 0.2) is 24.3 Å². The van der Waals surface area contributed by atoms with E-state index in [9.17, 15) is 5.21 Å². The smallest absolute Gasteiger partial charge is 0.117 e. The predicted molar refractivity (Wildman–Crippen MR) is 42.9 cm³/mol. The Morgan fingerprint density at radius 1 is 1.45 bits per heavy atom. The molecular formula is C8H11NO2. The van der Waals surface area contributed by atoms with E-state index in [1.807, 2.05) is 6.92 Å². The molecule has 0 unspecified atom stereocenters. The molecule has 0 radical (unpaired) electrons.